The minimum atomic E-state index is 0.799. The zero-order chi connectivity index (χ0) is 12.3. The van der Waals surface area contributed by atoms with Gasteiger partial charge in [-0.05, 0) is 31.3 Å². The molecule has 1 aromatic rings. The predicted molar refractivity (Wildman–Crippen MR) is 77.0 cm³/mol. The predicted octanol–water partition coefficient (Wildman–Crippen LogP) is 5.53. The largest absolute Gasteiger partial charge is 0.337 e. The summed E-state index contributed by atoms with van der Waals surface area (Å²) in [4.78, 5) is 4.19. The number of aromatic nitrogens is 1. The molecule has 0 fully saturated rings. The number of nitrogens with one attached hydrogen (secondary N) is 1. The first kappa shape index (κ1) is 16.7. The minimum absolute atomic E-state index is 0.799. The van der Waals surface area contributed by atoms with Crippen LogP contribution in [0, 0.1) is 3.95 Å². The minimum Gasteiger partial charge on any atom is -0.337 e. The number of aromatic amines is 1. The summed E-state index contributed by atoms with van der Waals surface area (Å²) in [6.07, 6.45) is 5.79. The summed E-state index contributed by atoms with van der Waals surface area (Å²) in [7, 11) is 0. The third-order valence-electron chi connectivity index (χ3n) is 1.23. The molecular weight excluding hydrogens is 222 g/mol. The molecule has 1 rings (SSSR count). The van der Waals surface area contributed by atoms with Crippen LogP contribution in [0.1, 0.15) is 45.2 Å². The number of hydrogen-bond acceptors (Lipinski definition) is 2. The fraction of sp³-hybridized carbons (Fsp3) is 0.417. The molecule has 0 radical (unpaired) electrons. The van der Waals surface area contributed by atoms with E-state index in [9.17, 15) is 0 Å². The maximum Gasteiger partial charge on any atom is 0.159 e. The van der Waals surface area contributed by atoms with Crippen molar-refractivity contribution in [1.29, 1.82) is 0 Å². The van der Waals surface area contributed by atoms with Crippen molar-refractivity contribution in [2.24, 2.45) is 0 Å². The van der Waals surface area contributed by atoms with Crippen molar-refractivity contribution in [2.75, 3.05) is 0 Å². The zero-order valence-electron chi connectivity index (χ0n) is 10.3. The van der Waals surface area contributed by atoms with E-state index in [0.717, 1.165) is 14.5 Å². The Morgan fingerprint density at radius 3 is 2.20 bits per heavy atom. The number of hydrogen-bond donors (Lipinski definition) is 1. The van der Waals surface area contributed by atoms with E-state index in [1.807, 2.05) is 46.8 Å². The van der Waals surface area contributed by atoms with E-state index in [4.69, 9.17) is 12.2 Å². The van der Waals surface area contributed by atoms with Gasteiger partial charge in [0.25, 0.3) is 0 Å². The molecule has 0 unspecified atom stereocenters. The topological polar surface area (TPSA) is 15.8 Å². The van der Waals surface area contributed by atoms with Gasteiger partial charge in [0.2, 0.25) is 0 Å². The Balaban J connectivity index is 0. The second-order valence-corrected chi connectivity index (χ2v) is 3.72. The van der Waals surface area contributed by atoms with E-state index in [1.54, 1.807) is 17.4 Å². The lowest BCUT2D eigenvalue weighted by Crippen LogP contribution is -1.71. The molecule has 0 aliphatic rings. The Hall–Kier alpha value is -0.670. The second kappa shape index (κ2) is 11.4. The van der Waals surface area contributed by atoms with Gasteiger partial charge >= 0.3 is 0 Å². The molecule has 0 bridgehead atoms. The summed E-state index contributed by atoms with van der Waals surface area (Å²) in [5, 5.41) is 0. The normalized spacial score (nSPS) is 8.60. The van der Waals surface area contributed by atoms with Gasteiger partial charge in [-0.15, -0.1) is 11.3 Å². The molecule has 0 amide bonds. The van der Waals surface area contributed by atoms with E-state index in [-0.39, 0.29) is 0 Å². The van der Waals surface area contributed by atoms with Crippen LogP contribution in [0.5, 0.6) is 0 Å². The Kier molecular flexibility index (Phi) is 12.7. The van der Waals surface area contributed by atoms with Gasteiger partial charge < -0.3 is 4.98 Å². The highest BCUT2D eigenvalue weighted by molar-refractivity contribution is 7.73. The van der Waals surface area contributed by atoms with Crippen LogP contribution < -0.4 is 0 Å². The molecule has 1 nitrogen and oxygen atoms in total. The molecular formula is C12H21NS2. The summed E-state index contributed by atoms with van der Waals surface area (Å²) in [6.45, 7) is 13.7. The maximum absolute atomic E-state index is 4.98. The van der Waals surface area contributed by atoms with Crippen molar-refractivity contribution in [2.45, 2.75) is 34.6 Å². The third-order valence-corrected chi connectivity index (χ3v) is 2.44. The average Bonchev–Trinajstić information content (AvgIpc) is 2.65. The summed E-state index contributed by atoms with van der Waals surface area (Å²) in [6, 6.07) is 0. The Morgan fingerprint density at radius 1 is 1.27 bits per heavy atom. The second-order valence-electron chi connectivity index (χ2n) is 2.00. The molecule has 0 aromatic carbocycles. The quantitative estimate of drug-likeness (QED) is 0.675. The standard InChI is InChI=1S/C8H9NS2.2C2H6/c1-3-5-7-6(4-2)9-8(10)11-7;2*1-2/h3-5H,2H2,1H3,(H,9,10);2*1-2H3/b5-3-;;. The maximum atomic E-state index is 4.98. The molecule has 0 atom stereocenters. The summed E-state index contributed by atoms with van der Waals surface area (Å²) >= 11 is 6.55. The molecule has 0 aliphatic heterocycles. The fourth-order valence-electron chi connectivity index (χ4n) is 0.779. The fourth-order valence-corrected chi connectivity index (χ4v) is 1.97. The van der Waals surface area contributed by atoms with Gasteiger partial charge in [0.15, 0.2) is 3.95 Å². The van der Waals surface area contributed by atoms with E-state index >= 15 is 0 Å². The molecule has 0 saturated heterocycles. The third kappa shape index (κ3) is 6.42. The van der Waals surface area contributed by atoms with Crippen LogP contribution in [0.25, 0.3) is 12.2 Å². The van der Waals surface area contributed by atoms with Crippen LogP contribution >= 0.6 is 23.6 Å². The van der Waals surface area contributed by atoms with Gasteiger partial charge in [0.05, 0.1) is 10.6 Å². The molecule has 86 valence electrons. The van der Waals surface area contributed by atoms with Crippen LogP contribution in [-0.2, 0) is 0 Å². The average molecular weight is 243 g/mol. The highest BCUT2D eigenvalue weighted by Gasteiger charge is 1.97. The molecule has 0 saturated carbocycles. The van der Waals surface area contributed by atoms with Crippen molar-refractivity contribution < 1.29 is 0 Å². The number of allylic oxidation sites excluding steroid dienone is 1. The van der Waals surface area contributed by atoms with Gasteiger partial charge in [0, 0.05) is 0 Å². The number of H-pyrrole nitrogens is 1. The van der Waals surface area contributed by atoms with Crippen LogP contribution in [0.3, 0.4) is 0 Å². The van der Waals surface area contributed by atoms with Gasteiger partial charge in [-0.1, -0.05) is 40.3 Å². The molecule has 0 spiro atoms. The lowest BCUT2D eigenvalue weighted by molar-refractivity contribution is 1.36. The molecule has 1 heterocycles. The van der Waals surface area contributed by atoms with Crippen LogP contribution in [-0.4, -0.2) is 4.98 Å². The van der Waals surface area contributed by atoms with Crippen LogP contribution in [0.4, 0.5) is 0 Å². The summed E-state index contributed by atoms with van der Waals surface area (Å²) in [5.41, 5.74) is 1.01. The molecule has 3 heteroatoms. The number of rotatable bonds is 2. The Bertz CT molecular complexity index is 332. The molecule has 1 aromatic heterocycles. The van der Waals surface area contributed by atoms with E-state index in [0.29, 0.717) is 0 Å². The number of thiazole rings is 1. The van der Waals surface area contributed by atoms with Gasteiger partial charge in [-0.25, -0.2) is 0 Å². The van der Waals surface area contributed by atoms with Crippen LogP contribution in [0.2, 0.25) is 0 Å². The highest BCUT2D eigenvalue weighted by atomic mass is 32.1. The van der Waals surface area contributed by atoms with Crippen molar-refractivity contribution in [3.63, 3.8) is 0 Å². The molecule has 1 N–H and O–H groups in total. The van der Waals surface area contributed by atoms with E-state index in [1.165, 1.54) is 0 Å². The highest BCUT2D eigenvalue weighted by Crippen LogP contribution is 2.17. The first-order valence-electron chi connectivity index (χ1n) is 5.26. The Morgan fingerprint density at radius 2 is 1.80 bits per heavy atom. The molecule has 0 aliphatic carbocycles. The lowest BCUT2D eigenvalue weighted by atomic mass is 10.3. The summed E-state index contributed by atoms with van der Waals surface area (Å²) < 4.78 is 0.799. The first-order valence-corrected chi connectivity index (χ1v) is 6.48. The van der Waals surface area contributed by atoms with Crippen molar-refractivity contribution >= 4 is 35.7 Å². The lowest BCUT2D eigenvalue weighted by Gasteiger charge is -1.86. The first-order chi connectivity index (χ1) is 7.27. The van der Waals surface area contributed by atoms with Crippen molar-refractivity contribution in [3.8, 4) is 0 Å². The summed E-state index contributed by atoms with van der Waals surface area (Å²) in [5.74, 6) is 0. The van der Waals surface area contributed by atoms with Crippen LogP contribution in [0.15, 0.2) is 12.7 Å². The van der Waals surface area contributed by atoms with Gasteiger partial charge in [-0.2, -0.15) is 0 Å². The monoisotopic (exact) mass is 243 g/mol. The SMILES string of the molecule is C=Cc1[nH]c(=S)sc1/C=C\C.CC.CC. The smallest absolute Gasteiger partial charge is 0.159 e. The zero-order valence-corrected chi connectivity index (χ0v) is 11.9. The van der Waals surface area contributed by atoms with E-state index in [2.05, 4.69) is 11.6 Å². The molecule has 15 heavy (non-hydrogen) atoms. The van der Waals surface area contributed by atoms with Gasteiger partial charge in [-0.3, -0.25) is 0 Å². The van der Waals surface area contributed by atoms with Gasteiger partial charge in [0.1, 0.15) is 0 Å². The van der Waals surface area contributed by atoms with Crippen molar-refractivity contribution in [3.05, 3.63) is 27.2 Å². The van der Waals surface area contributed by atoms with Crippen molar-refractivity contribution in [1.82, 2.24) is 4.98 Å². The van der Waals surface area contributed by atoms with E-state index < -0.39 is 0 Å². The Labute approximate surface area is 103 Å².